The molecule has 1 aliphatic rings. The molecular formula is C24H29FN2O2. The van der Waals surface area contributed by atoms with Crippen LogP contribution in [0.4, 0.5) is 4.39 Å². The summed E-state index contributed by atoms with van der Waals surface area (Å²) in [4.78, 5) is 20.4. The van der Waals surface area contributed by atoms with E-state index in [0.29, 0.717) is 25.9 Å². The summed E-state index contributed by atoms with van der Waals surface area (Å²) in [6.07, 6.45) is 0.857. The molecule has 154 valence electrons. The molecule has 0 radical (unpaired) electrons. The van der Waals surface area contributed by atoms with Crippen molar-refractivity contribution >= 4 is 11.6 Å². The second kappa shape index (κ2) is 8.76. The third-order valence-corrected chi connectivity index (χ3v) is 4.84. The Labute approximate surface area is 172 Å². The van der Waals surface area contributed by atoms with Crippen molar-refractivity contribution in [3.63, 3.8) is 0 Å². The molecule has 0 saturated heterocycles. The number of aryl methyl sites for hydroxylation is 1. The second-order valence-corrected chi connectivity index (χ2v) is 8.98. The normalized spacial score (nSPS) is 16.3. The van der Waals surface area contributed by atoms with E-state index in [4.69, 9.17) is 4.84 Å². The zero-order valence-corrected chi connectivity index (χ0v) is 17.6. The summed E-state index contributed by atoms with van der Waals surface area (Å²) in [6, 6.07) is 14.6. The van der Waals surface area contributed by atoms with Crippen molar-refractivity contribution in [1.29, 1.82) is 0 Å². The Morgan fingerprint density at radius 3 is 2.59 bits per heavy atom. The van der Waals surface area contributed by atoms with Crippen LogP contribution in [0.1, 0.15) is 50.3 Å². The summed E-state index contributed by atoms with van der Waals surface area (Å²) in [6.45, 7) is 8.93. The van der Waals surface area contributed by atoms with Crippen LogP contribution in [0.15, 0.2) is 53.7 Å². The van der Waals surface area contributed by atoms with Gasteiger partial charge in [0.05, 0.1) is 12.3 Å². The largest absolute Gasteiger partial charge is 0.390 e. The first-order valence-corrected chi connectivity index (χ1v) is 10.0. The molecule has 2 aromatic rings. The minimum Gasteiger partial charge on any atom is -0.390 e. The molecule has 1 amide bonds. The molecule has 1 atom stereocenters. The third kappa shape index (κ3) is 6.14. The van der Waals surface area contributed by atoms with E-state index < -0.39 is 0 Å². The SMILES string of the molecule is Cc1ccc(C2=NO[C@H](CN(Cc3cccc(F)c3)C(=O)CC(C)(C)C)C2)cc1. The maximum Gasteiger partial charge on any atom is 0.223 e. The third-order valence-electron chi connectivity index (χ3n) is 4.84. The Morgan fingerprint density at radius 2 is 1.93 bits per heavy atom. The van der Waals surface area contributed by atoms with Gasteiger partial charge in [-0.15, -0.1) is 0 Å². The maximum atomic E-state index is 13.6. The molecule has 2 aromatic carbocycles. The zero-order chi connectivity index (χ0) is 21.0. The van der Waals surface area contributed by atoms with Crippen molar-refractivity contribution in [3.8, 4) is 0 Å². The number of oxime groups is 1. The van der Waals surface area contributed by atoms with Crippen LogP contribution in [0.5, 0.6) is 0 Å². The average molecular weight is 397 g/mol. The number of rotatable bonds is 6. The number of carbonyl (C=O) groups is 1. The van der Waals surface area contributed by atoms with E-state index >= 15 is 0 Å². The number of hydrogen-bond acceptors (Lipinski definition) is 3. The van der Waals surface area contributed by atoms with Gasteiger partial charge in [-0.1, -0.05) is 67.9 Å². The van der Waals surface area contributed by atoms with Crippen molar-refractivity contribution in [2.24, 2.45) is 10.6 Å². The minimum atomic E-state index is -0.298. The Morgan fingerprint density at radius 1 is 1.21 bits per heavy atom. The van der Waals surface area contributed by atoms with E-state index in [9.17, 15) is 9.18 Å². The summed E-state index contributed by atoms with van der Waals surface area (Å²) in [5.41, 5.74) is 3.76. The van der Waals surface area contributed by atoms with Gasteiger partial charge in [-0.3, -0.25) is 4.79 Å². The molecule has 0 aliphatic carbocycles. The first kappa shape index (κ1) is 21.0. The van der Waals surface area contributed by atoms with Gasteiger partial charge < -0.3 is 9.74 Å². The lowest BCUT2D eigenvalue weighted by Gasteiger charge is -2.28. The first-order valence-electron chi connectivity index (χ1n) is 10.0. The van der Waals surface area contributed by atoms with Crippen LogP contribution >= 0.6 is 0 Å². The quantitative estimate of drug-likeness (QED) is 0.682. The molecule has 0 aromatic heterocycles. The van der Waals surface area contributed by atoms with Crippen molar-refractivity contribution in [2.45, 2.75) is 53.2 Å². The van der Waals surface area contributed by atoms with Gasteiger partial charge in [0.2, 0.25) is 5.91 Å². The summed E-state index contributed by atoms with van der Waals surface area (Å²) in [5, 5.41) is 4.24. The van der Waals surface area contributed by atoms with Crippen molar-refractivity contribution < 1.29 is 14.0 Å². The molecule has 0 saturated carbocycles. The van der Waals surface area contributed by atoms with E-state index in [2.05, 4.69) is 5.16 Å². The lowest BCUT2D eigenvalue weighted by Crippen LogP contribution is -2.38. The predicted molar refractivity (Wildman–Crippen MR) is 113 cm³/mol. The van der Waals surface area contributed by atoms with Gasteiger partial charge in [0.15, 0.2) is 6.10 Å². The van der Waals surface area contributed by atoms with Crippen molar-refractivity contribution in [2.75, 3.05) is 6.54 Å². The first-order chi connectivity index (χ1) is 13.7. The van der Waals surface area contributed by atoms with Crippen LogP contribution in [0.2, 0.25) is 0 Å². The van der Waals surface area contributed by atoms with Crippen LogP contribution in [-0.2, 0) is 16.2 Å². The Kier molecular flexibility index (Phi) is 6.36. The molecule has 0 unspecified atom stereocenters. The Bertz CT molecular complexity index is 884. The highest BCUT2D eigenvalue weighted by molar-refractivity contribution is 6.01. The lowest BCUT2D eigenvalue weighted by molar-refractivity contribution is -0.135. The lowest BCUT2D eigenvalue weighted by atomic mass is 9.91. The monoisotopic (exact) mass is 396 g/mol. The van der Waals surface area contributed by atoms with E-state index in [1.807, 2.05) is 58.0 Å². The fourth-order valence-corrected chi connectivity index (χ4v) is 3.36. The summed E-state index contributed by atoms with van der Waals surface area (Å²) in [7, 11) is 0. The van der Waals surface area contributed by atoms with Gasteiger partial charge in [-0.05, 0) is 35.6 Å². The van der Waals surface area contributed by atoms with E-state index in [1.54, 1.807) is 11.0 Å². The number of amides is 1. The van der Waals surface area contributed by atoms with Crippen LogP contribution in [0.25, 0.3) is 0 Å². The van der Waals surface area contributed by atoms with Gasteiger partial charge in [-0.25, -0.2) is 4.39 Å². The minimum absolute atomic E-state index is 0.0362. The standard InChI is InChI=1S/C24H29FN2O2/c1-17-8-10-19(11-9-17)22-13-21(29-26-22)16-27(23(28)14-24(2,3)4)15-18-6-5-7-20(25)12-18/h5-12,21H,13-16H2,1-4H3/t21-/m0/s1. The fourth-order valence-electron chi connectivity index (χ4n) is 3.36. The highest BCUT2D eigenvalue weighted by Gasteiger charge is 2.28. The average Bonchev–Trinajstić information content (AvgIpc) is 3.09. The Hall–Kier alpha value is -2.69. The predicted octanol–water partition coefficient (Wildman–Crippen LogP) is 5.09. The van der Waals surface area contributed by atoms with Crippen molar-refractivity contribution in [1.82, 2.24) is 4.90 Å². The topological polar surface area (TPSA) is 41.9 Å². The van der Waals surface area contributed by atoms with E-state index in [-0.39, 0.29) is 23.2 Å². The molecule has 1 aliphatic heterocycles. The molecule has 0 fully saturated rings. The maximum absolute atomic E-state index is 13.6. The molecular weight excluding hydrogens is 367 g/mol. The van der Waals surface area contributed by atoms with Gasteiger partial charge in [0.25, 0.3) is 0 Å². The highest BCUT2D eigenvalue weighted by atomic mass is 19.1. The van der Waals surface area contributed by atoms with Crippen LogP contribution in [0.3, 0.4) is 0 Å². The number of hydrogen-bond donors (Lipinski definition) is 0. The molecule has 29 heavy (non-hydrogen) atoms. The number of halogens is 1. The van der Waals surface area contributed by atoms with E-state index in [0.717, 1.165) is 16.8 Å². The highest BCUT2D eigenvalue weighted by Crippen LogP contribution is 2.23. The summed E-state index contributed by atoms with van der Waals surface area (Å²) in [5.74, 6) is -0.262. The van der Waals surface area contributed by atoms with Gasteiger partial charge >= 0.3 is 0 Å². The van der Waals surface area contributed by atoms with Gasteiger partial charge in [-0.2, -0.15) is 0 Å². The smallest absolute Gasteiger partial charge is 0.223 e. The molecule has 4 nitrogen and oxygen atoms in total. The summed E-state index contributed by atoms with van der Waals surface area (Å²) < 4.78 is 13.6. The van der Waals surface area contributed by atoms with Crippen LogP contribution in [-0.4, -0.2) is 29.2 Å². The molecule has 0 N–H and O–H groups in total. The summed E-state index contributed by atoms with van der Waals surface area (Å²) >= 11 is 0. The number of nitrogens with zero attached hydrogens (tertiary/aromatic N) is 2. The second-order valence-electron chi connectivity index (χ2n) is 8.98. The van der Waals surface area contributed by atoms with Gasteiger partial charge in [0.1, 0.15) is 5.82 Å². The molecule has 0 bridgehead atoms. The van der Waals surface area contributed by atoms with Crippen LogP contribution in [0, 0.1) is 18.2 Å². The molecule has 1 heterocycles. The molecule has 3 rings (SSSR count). The van der Waals surface area contributed by atoms with Crippen molar-refractivity contribution in [3.05, 3.63) is 71.0 Å². The van der Waals surface area contributed by atoms with Gasteiger partial charge in [0, 0.05) is 19.4 Å². The zero-order valence-electron chi connectivity index (χ0n) is 17.6. The Balaban J connectivity index is 1.69. The number of carbonyl (C=O) groups excluding carboxylic acids is 1. The molecule has 0 spiro atoms. The fraction of sp³-hybridized carbons (Fsp3) is 0.417. The number of benzene rings is 2. The van der Waals surface area contributed by atoms with Crippen LogP contribution < -0.4 is 0 Å². The van der Waals surface area contributed by atoms with E-state index in [1.165, 1.54) is 17.7 Å². The molecule has 5 heteroatoms.